The summed E-state index contributed by atoms with van der Waals surface area (Å²) in [5.41, 5.74) is 3.09. The fourth-order valence-electron chi connectivity index (χ4n) is 2.99. The zero-order chi connectivity index (χ0) is 17.9. The number of ether oxygens (including phenoxy) is 1. The van der Waals surface area contributed by atoms with Crippen molar-refractivity contribution in [3.05, 3.63) is 71.5 Å². The fraction of sp³-hybridized carbons (Fsp3) is 0.211. The summed E-state index contributed by atoms with van der Waals surface area (Å²) in [6.45, 7) is 2.41. The number of aromatic amines is 1. The van der Waals surface area contributed by atoms with E-state index in [4.69, 9.17) is 9.26 Å². The van der Waals surface area contributed by atoms with Gasteiger partial charge in [-0.15, -0.1) is 0 Å². The van der Waals surface area contributed by atoms with E-state index in [9.17, 15) is 0 Å². The molecule has 7 heteroatoms. The van der Waals surface area contributed by atoms with E-state index in [1.54, 1.807) is 14.0 Å². The van der Waals surface area contributed by atoms with Crippen LogP contribution < -0.4 is 10.1 Å². The Kier molecular flexibility index (Phi) is 4.37. The summed E-state index contributed by atoms with van der Waals surface area (Å²) in [7, 11) is 1.66. The molecule has 2 aromatic heterocycles. The number of benzene rings is 2. The lowest BCUT2D eigenvalue weighted by Crippen LogP contribution is -2.23. The summed E-state index contributed by atoms with van der Waals surface area (Å²) in [6, 6.07) is 13.8. The Hall–Kier alpha value is -3.19. The number of nitrogens with zero attached hydrogens (tertiary/aromatic N) is 3. The number of rotatable bonds is 6. The second kappa shape index (κ2) is 6.97. The molecule has 4 rings (SSSR count). The number of hydrogen-bond donors (Lipinski definition) is 2. The molecule has 0 aliphatic rings. The van der Waals surface area contributed by atoms with Crippen molar-refractivity contribution in [1.82, 2.24) is 25.7 Å². The number of methoxy groups -OCH3 is 1. The van der Waals surface area contributed by atoms with Crippen LogP contribution in [0.4, 0.5) is 0 Å². The third kappa shape index (κ3) is 3.16. The molecule has 2 heterocycles. The summed E-state index contributed by atoms with van der Waals surface area (Å²) in [5.74, 6) is 1.88. The average molecular weight is 349 g/mol. The molecule has 1 atom stereocenters. The quantitative estimate of drug-likeness (QED) is 0.556. The Morgan fingerprint density at radius 1 is 1.23 bits per heavy atom. The van der Waals surface area contributed by atoms with Crippen LogP contribution in [-0.2, 0) is 6.54 Å². The van der Waals surface area contributed by atoms with Crippen LogP contribution in [-0.4, -0.2) is 27.4 Å². The van der Waals surface area contributed by atoms with Gasteiger partial charge in [0.15, 0.2) is 5.82 Å². The van der Waals surface area contributed by atoms with E-state index in [-0.39, 0.29) is 6.04 Å². The molecule has 0 aliphatic heterocycles. The first-order chi connectivity index (χ1) is 12.7. The molecule has 2 N–H and O–H groups in total. The number of fused-ring (bicyclic) bond motifs is 1. The molecule has 4 aromatic rings. The minimum atomic E-state index is -0.249. The molecule has 0 spiro atoms. The van der Waals surface area contributed by atoms with Crippen molar-refractivity contribution >= 4 is 10.9 Å². The van der Waals surface area contributed by atoms with Crippen molar-refractivity contribution in [2.45, 2.75) is 19.5 Å². The topological polar surface area (TPSA) is 88.9 Å². The molecule has 0 saturated carbocycles. The van der Waals surface area contributed by atoms with E-state index in [1.165, 1.54) is 0 Å². The highest BCUT2D eigenvalue weighted by molar-refractivity contribution is 5.78. The zero-order valence-electron chi connectivity index (χ0n) is 14.6. The normalized spacial score (nSPS) is 12.4. The maximum atomic E-state index is 5.51. The number of H-pyrrole nitrogens is 1. The Labute approximate surface area is 150 Å². The predicted octanol–water partition coefficient (Wildman–Crippen LogP) is 3.14. The molecule has 0 radical (unpaired) electrons. The molecule has 26 heavy (non-hydrogen) atoms. The molecule has 132 valence electrons. The first-order valence-electron chi connectivity index (χ1n) is 8.33. The highest BCUT2D eigenvalue weighted by Crippen LogP contribution is 2.29. The SMILES string of the molecule is COc1ccccc1[C@H](NCc1ccc2cn[nH]c2c1)c1noc(C)n1. The predicted molar refractivity (Wildman–Crippen MR) is 96.8 cm³/mol. The minimum absolute atomic E-state index is 0.249. The summed E-state index contributed by atoms with van der Waals surface area (Å²) < 4.78 is 10.7. The van der Waals surface area contributed by atoms with Gasteiger partial charge in [0.25, 0.3) is 0 Å². The van der Waals surface area contributed by atoms with Crippen LogP contribution in [0.2, 0.25) is 0 Å². The average Bonchev–Trinajstić information content (AvgIpc) is 3.31. The van der Waals surface area contributed by atoms with E-state index in [2.05, 4.69) is 37.8 Å². The van der Waals surface area contributed by atoms with Gasteiger partial charge in [-0.05, 0) is 17.7 Å². The third-order valence-electron chi connectivity index (χ3n) is 4.27. The van der Waals surface area contributed by atoms with Gasteiger partial charge in [0.05, 0.1) is 18.8 Å². The Morgan fingerprint density at radius 2 is 2.12 bits per heavy atom. The van der Waals surface area contributed by atoms with Crippen molar-refractivity contribution in [3.8, 4) is 5.75 Å². The highest BCUT2D eigenvalue weighted by atomic mass is 16.5. The van der Waals surface area contributed by atoms with E-state index >= 15 is 0 Å². The molecule has 0 amide bonds. The van der Waals surface area contributed by atoms with Crippen molar-refractivity contribution in [2.75, 3.05) is 7.11 Å². The maximum Gasteiger partial charge on any atom is 0.223 e. The van der Waals surface area contributed by atoms with Crippen LogP contribution >= 0.6 is 0 Å². The smallest absolute Gasteiger partial charge is 0.223 e. The summed E-state index contributed by atoms with van der Waals surface area (Å²) >= 11 is 0. The second-order valence-electron chi connectivity index (χ2n) is 6.02. The monoisotopic (exact) mass is 349 g/mol. The van der Waals surface area contributed by atoms with Gasteiger partial charge < -0.3 is 9.26 Å². The van der Waals surface area contributed by atoms with Crippen LogP contribution in [0.1, 0.15) is 28.9 Å². The lowest BCUT2D eigenvalue weighted by atomic mass is 10.0. The van der Waals surface area contributed by atoms with Crippen molar-refractivity contribution in [1.29, 1.82) is 0 Å². The van der Waals surface area contributed by atoms with Gasteiger partial charge in [-0.1, -0.05) is 35.5 Å². The Balaban J connectivity index is 1.64. The van der Waals surface area contributed by atoms with E-state index in [0.717, 1.165) is 27.8 Å². The van der Waals surface area contributed by atoms with Gasteiger partial charge in [-0.25, -0.2) is 0 Å². The second-order valence-corrected chi connectivity index (χ2v) is 6.02. The molecular formula is C19H19N5O2. The lowest BCUT2D eigenvalue weighted by Gasteiger charge is -2.18. The Bertz CT molecular complexity index is 1020. The van der Waals surface area contributed by atoms with Gasteiger partial charge in [0.1, 0.15) is 11.8 Å². The Morgan fingerprint density at radius 3 is 2.92 bits per heavy atom. The van der Waals surface area contributed by atoms with Gasteiger partial charge in [0, 0.05) is 24.4 Å². The van der Waals surface area contributed by atoms with Crippen LogP contribution in [0.3, 0.4) is 0 Å². The van der Waals surface area contributed by atoms with E-state index in [1.807, 2.05) is 36.5 Å². The molecule has 2 aromatic carbocycles. The van der Waals surface area contributed by atoms with Crippen LogP contribution in [0.25, 0.3) is 10.9 Å². The van der Waals surface area contributed by atoms with Crippen LogP contribution in [0.5, 0.6) is 5.75 Å². The largest absolute Gasteiger partial charge is 0.496 e. The molecular weight excluding hydrogens is 330 g/mol. The zero-order valence-corrected chi connectivity index (χ0v) is 14.6. The molecule has 7 nitrogen and oxygen atoms in total. The number of hydrogen-bond acceptors (Lipinski definition) is 6. The van der Waals surface area contributed by atoms with E-state index in [0.29, 0.717) is 18.3 Å². The van der Waals surface area contributed by atoms with E-state index < -0.39 is 0 Å². The third-order valence-corrected chi connectivity index (χ3v) is 4.27. The van der Waals surface area contributed by atoms with Crippen molar-refractivity contribution < 1.29 is 9.26 Å². The number of aromatic nitrogens is 4. The lowest BCUT2D eigenvalue weighted by molar-refractivity contribution is 0.377. The fourth-order valence-corrected chi connectivity index (χ4v) is 2.99. The van der Waals surface area contributed by atoms with Crippen LogP contribution in [0.15, 0.2) is 53.2 Å². The van der Waals surface area contributed by atoms with Gasteiger partial charge >= 0.3 is 0 Å². The summed E-state index contributed by atoms with van der Waals surface area (Å²) in [5, 5.41) is 15.8. The van der Waals surface area contributed by atoms with Crippen molar-refractivity contribution in [2.24, 2.45) is 0 Å². The minimum Gasteiger partial charge on any atom is -0.496 e. The maximum absolute atomic E-state index is 5.51. The summed E-state index contributed by atoms with van der Waals surface area (Å²) in [6.07, 6.45) is 1.81. The first-order valence-corrected chi connectivity index (χ1v) is 8.33. The number of aryl methyl sites for hydroxylation is 1. The molecule has 0 unspecified atom stereocenters. The van der Waals surface area contributed by atoms with Crippen LogP contribution in [0, 0.1) is 6.92 Å². The number of para-hydroxylation sites is 1. The molecule has 0 aliphatic carbocycles. The highest BCUT2D eigenvalue weighted by Gasteiger charge is 2.22. The van der Waals surface area contributed by atoms with Gasteiger partial charge in [-0.2, -0.15) is 10.1 Å². The standard InChI is InChI=1S/C19H19N5O2/c1-12-22-19(24-26-12)18(15-5-3-4-6-17(15)25-2)20-10-13-7-8-14-11-21-23-16(14)9-13/h3-9,11,18,20H,10H2,1-2H3,(H,21,23)/t18-/m0/s1. The van der Waals surface area contributed by atoms with Crippen molar-refractivity contribution in [3.63, 3.8) is 0 Å². The molecule has 0 bridgehead atoms. The first kappa shape index (κ1) is 16.3. The van der Waals surface area contributed by atoms with Gasteiger partial charge in [0.2, 0.25) is 5.89 Å². The summed E-state index contributed by atoms with van der Waals surface area (Å²) in [4.78, 5) is 4.40. The number of nitrogens with one attached hydrogen (secondary N) is 2. The molecule has 0 fully saturated rings. The molecule has 0 saturated heterocycles. The van der Waals surface area contributed by atoms with Gasteiger partial charge in [-0.3, -0.25) is 10.4 Å².